The van der Waals surface area contributed by atoms with Gasteiger partial charge in [-0.1, -0.05) is 83.3 Å². The smallest absolute Gasteiger partial charge is 0.129 e. The van der Waals surface area contributed by atoms with Gasteiger partial charge in [-0.3, -0.25) is 0 Å². The average molecular weight is 320 g/mol. The molecule has 0 fully saturated rings. The van der Waals surface area contributed by atoms with Gasteiger partial charge in [0.05, 0.1) is 6.26 Å². The van der Waals surface area contributed by atoms with E-state index in [-0.39, 0.29) is 5.41 Å². The molecule has 0 aliphatic rings. The van der Waals surface area contributed by atoms with Crippen LogP contribution in [0.3, 0.4) is 0 Å². The van der Waals surface area contributed by atoms with Crippen LogP contribution in [0.5, 0.6) is 5.75 Å². The molecule has 0 saturated heterocycles. The van der Waals surface area contributed by atoms with Crippen LogP contribution in [0.4, 0.5) is 0 Å². The summed E-state index contributed by atoms with van der Waals surface area (Å²) in [4.78, 5) is 0. The lowest BCUT2D eigenvalue weighted by atomic mass is 9.77. The fourth-order valence-corrected chi connectivity index (χ4v) is 2.97. The van der Waals surface area contributed by atoms with Crippen LogP contribution in [-0.4, -0.2) is 0 Å². The maximum Gasteiger partial charge on any atom is 0.129 e. The molecule has 0 bridgehead atoms. The van der Waals surface area contributed by atoms with Crippen molar-refractivity contribution in [2.45, 2.75) is 39.5 Å². The van der Waals surface area contributed by atoms with Gasteiger partial charge in [-0.05, 0) is 40.7 Å². The van der Waals surface area contributed by atoms with Crippen molar-refractivity contribution < 1.29 is 4.74 Å². The fraction of sp³-hybridized carbons (Fsp3) is 0.304. The van der Waals surface area contributed by atoms with Crippen molar-refractivity contribution in [1.29, 1.82) is 0 Å². The van der Waals surface area contributed by atoms with Gasteiger partial charge in [0.2, 0.25) is 0 Å². The zero-order valence-electron chi connectivity index (χ0n) is 15.3. The summed E-state index contributed by atoms with van der Waals surface area (Å²) in [5.74, 6) is 1.47. The van der Waals surface area contributed by atoms with Gasteiger partial charge in [0.15, 0.2) is 0 Å². The van der Waals surface area contributed by atoms with Crippen LogP contribution in [-0.2, 0) is 11.8 Å². The molecule has 0 unspecified atom stereocenters. The predicted octanol–water partition coefficient (Wildman–Crippen LogP) is 6.38. The van der Waals surface area contributed by atoms with E-state index in [0.717, 1.165) is 17.7 Å². The zero-order chi connectivity index (χ0) is 17.7. The first-order valence-corrected chi connectivity index (χ1v) is 8.52. The third-order valence-corrected chi connectivity index (χ3v) is 4.49. The Kier molecular flexibility index (Phi) is 5.66. The Bertz CT molecular complexity index is 705. The van der Waals surface area contributed by atoms with Crippen molar-refractivity contribution in [2.75, 3.05) is 0 Å². The third kappa shape index (κ3) is 3.97. The van der Waals surface area contributed by atoms with Gasteiger partial charge in [0.1, 0.15) is 5.75 Å². The van der Waals surface area contributed by atoms with E-state index in [1.54, 1.807) is 0 Å². The van der Waals surface area contributed by atoms with E-state index >= 15 is 0 Å². The van der Waals surface area contributed by atoms with Gasteiger partial charge in [-0.25, -0.2) is 0 Å². The van der Waals surface area contributed by atoms with Gasteiger partial charge in [-0.2, -0.15) is 0 Å². The van der Waals surface area contributed by atoms with Crippen molar-refractivity contribution in [3.63, 3.8) is 0 Å². The Hall–Kier alpha value is -2.28. The molecule has 0 aromatic heterocycles. The Morgan fingerprint density at radius 2 is 1.62 bits per heavy atom. The van der Waals surface area contributed by atoms with E-state index in [1.165, 1.54) is 23.0 Å². The van der Waals surface area contributed by atoms with Gasteiger partial charge < -0.3 is 4.74 Å². The molecule has 0 radical (unpaired) electrons. The minimum absolute atomic E-state index is 0.0713. The first kappa shape index (κ1) is 18.1. The number of hydrogen-bond donors (Lipinski definition) is 0. The number of rotatable bonds is 7. The topological polar surface area (TPSA) is 9.23 Å². The summed E-state index contributed by atoms with van der Waals surface area (Å²) < 4.78 is 5.59. The van der Waals surface area contributed by atoms with Crippen LogP contribution >= 0.6 is 0 Å². The van der Waals surface area contributed by atoms with E-state index in [4.69, 9.17) is 4.74 Å². The van der Waals surface area contributed by atoms with Gasteiger partial charge >= 0.3 is 0 Å². The molecule has 0 amide bonds. The molecule has 24 heavy (non-hydrogen) atoms. The van der Waals surface area contributed by atoms with Crippen LogP contribution in [0.2, 0.25) is 0 Å². The molecule has 0 saturated carbocycles. The molecule has 2 aromatic rings. The highest BCUT2D eigenvalue weighted by Gasteiger charge is 2.24. The molecule has 0 aliphatic heterocycles. The minimum Gasteiger partial charge on any atom is -0.465 e. The number of hydrogen-bond acceptors (Lipinski definition) is 1. The Labute approximate surface area is 146 Å². The molecule has 126 valence electrons. The van der Waals surface area contributed by atoms with E-state index < -0.39 is 0 Å². The Morgan fingerprint density at radius 1 is 1.00 bits per heavy atom. The molecule has 1 heteroatoms. The number of ether oxygens (including phenoxy) is 1. The quantitative estimate of drug-likeness (QED) is 0.538. The lowest BCUT2D eigenvalue weighted by molar-refractivity contribution is 0.470. The average Bonchev–Trinajstić information content (AvgIpc) is 2.56. The Balaban J connectivity index is 2.44. The first-order valence-electron chi connectivity index (χ1n) is 8.52. The maximum absolute atomic E-state index is 5.59. The summed E-state index contributed by atoms with van der Waals surface area (Å²) >= 11 is 0. The molecule has 0 spiro atoms. The van der Waals surface area contributed by atoms with Gasteiger partial charge in [0, 0.05) is 5.41 Å². The second-order valence-corrected chi connectivity index (χ2v) is 7.16. The van der Waals surface area contributed by atoms with Crippen LogP contribution in [0.1, 0.15) is 49.9 Å². The Morgan fingerprint density at radius 3 is 2.17 bits per heavy atom. The highest BCUT2D eigenvalue weighted by Crippen LogP contribution is 2.35. The molecule has 2 aromatic carbocycles. The molecule has 1 nitrogen and oxygen atoms in total. The van der Waals surface area contributed by atoms with Crippen molar-refractivity contribution in [2.24, 2.45) is 5.92 Å². The lowest BCUT2D eigenvalue weighted by Crippen LogP contribution is -2.19. The molecule has 0 aliphatic carbocycles. The first-order chi connectivity index (χ1) is 11.4. The normalized spacial score (nSPS) is 11.4. The SMILES string of the molecule is C=COc1ccc(C(C)(C)c2ccc(C=C)cc2)cc1CC(C)C. The van der Waals surface area contributed by atoms with E-state index in [0.29, 0.717) is 5.92 Å². The molecule has 2 rings (SSSR count). The predicted molar refractivity (Wildman–Crippen MR) is 104 cm³/mol. The fourth-order valence-electron chi connectivity index (χ4n) is 2.97. The molecular formula is C23H28O. The van der Waals surface area contributed by atoms with E-state index in [1.807, 2.05) is 6.08 Å². The summed E-state index contributed by atoms with van der Waals surface area (Å²) in [6.45, 7) is 16.5. The molecule has 0 heterocycles. The minimum atomic E-state index is -0.0713. The monoisotopic (exact) mass is 320 g/mol. The molecular weight excluding hydrogens is 292 g/mol. The second-order valence-electron chi connectivity index (χ2n) is 7.16. The van der Waals surface area contributed by atoms with Crippen LogP contribution in [0, 0.1) is 5.92 Å². The van der Waals surface area contributed by atoms with Crippen LogP contribution in [0.25, 0.3) is 6.08 Å². The standard InChI is InChI=1S/C23H28O/c1-7-18-9-11-20(12-10-18)23(5,6)21-13-14-22(24-8-2)19(16-21)15-17(3)4/h7-14,16-17H,1-2,15H2,3-6H3. The van der Waals surface area contributed by atoms with Gasteiger partial charge in [-0.15, -0.1) is 0 Å². The summed E-state index contributed by atoms with van der Waals surface area (Å²) in [5, 5.41) is 0. The van der Waals surface area contributed by atoms with Crippen molar-refractivity contribution >= 4 is 6.08 Å². The van der Waals surface area contributed by atoms with Crippen LogP contribution in [0.15, 0.2) is 61.9 Å². The maximum atomic E-state index is 5.59. The lowest BCUT2D eigenvalue weighted by Gasteiger charge is -2.27. The summed E-state index contributed by atoms with van der Waals surface area (Å²) in [6.07, 6.45) is 4.36. The highest BCUT2D eigenvalue weighted by atomic mass is 16.5. The van der Waals surface area contributed by atoms with Crippen molar-refractivity contribution in [3.8, 4) is 5.75 Å². The van der Waals surface area contributed by atoms with Gasteiger partial charge in [0.25, 0.3) is 0 Å². The number of benzene rings is 2. The van der Waals surface area contributed by atoms with Crippen molar-refractivity contribution in [3.05, 3.63) is 84.1 Å². The molecule has 0 N–H and O–H groups in total. The molecule has 0 atom stereocenters. The largest absolute Gasteiger partial charge is 0.465 e. The van der Waals surface area contributed by atoms with Crippen LogP contribution < -0.4 is 4.74 Å². The van der Waals surface area contributed by atoms with E-state index in [2.05, 4.69) is 83.3 Å². The third-order valence-electron chi connectivity index (χ3n) is 4.49. The van der Waals surface area contributed by atoms with E-state index in [9.17, 15) is 0 Å². The summed E-state index contributed by atoms with van der Waals surface area (Å²) in [5.41, 5.74) is 4.89. The summed E-state index contributed by atoms with van der Waals surface area (Å²) in [7, 11) is 0. The second kappa shape index (κ2) is 7.53. The van der Waals surface area contributed by atoms with Crippen molar-refractivity contribution in [1.82, 2.24) is 0 Å². The zero-order valence-corrected chi connectivity index (χ0v) is 15.3. The highest BCUT2D eigenvalue weighted by molar-refractivity contribution is 5.50. The summed E-state index contributed by atoms with van der Waals surface area (Å²) in [6, 6.07) is 15.1.